The number of hydrogen-bond acceptors (Lipinski definition) is 3. The fraction of sp³-hybridized carbons (Fsp3) is 0.450. The number of carbonyl (C=O) groups is 1. The summed E-state index contributed by atoms with van der Waals surface area (Å²) in [4.78, 5) is 16.5. The molecule has 0 radical (unpaired) electrons. The fourth-order valence-electron chi connectivity index (χ4n) is 3.45. The van der Waals surface area contributed by atoms with Crippen molar-refractivity contribution in [1.29, 1.82) is 0 Å². The summed E-state index contributed by atoms with van der Waals surface area (Å²) in [6.07, 6.45) is -0.267. The molecule has 1 amide bonds. The molecule has 2 aromatic carbocycles. The molecule has 24 heavy (non-hydrogen) atoms. The third-order valence-corrected chi connectivity index (χ3v) is 4.39. The molecule has 1 atom stereocenters. The number of carbonyl (C=O) groups excluding carboxylic acids is 1. The van der Waals surface area contributed by atoms with Crippen LogP contribution in [0.3, 0.4) is 0 Å². The maximum absolute atomic E-state index is 12.6. The Hall–Kier alpha value is -2.23. The van der Waals surface area contributed by atoms with Gasteiger partial charge in [0.2, 0.25) is 0 Å². The van der Waals surface area contributed by atoms with Gasteiger partial charge in [-0.15, -0.1) is 0 Å². The van der Waals surface area contributed by atoms with Gasteiger partial charge in [-0.1, -0.05) is 25.1 Å². The van der Waals surface area contributed by atoms with Gasteiger partial charge < -0.3 is 9.64 Å². The number of amides is 1. The average Bonchev–Trinajstić information content (AvgIpc) is 2.82. The minimum absolute atomic E-state index is 0.267. The molecule has 1 aliphatic rings. The minimum atomic E-state index is -0.488. The van der Waals surface area contributed by atoms with E-state index >= 15 is 0 Å². The van der Waals surface area contributed by atoms with Crippen LogP contribution in [0.1, 0.15) is 39.2 Å². The van der Waals surface area contributed by atoms with Gasteiger partial charge in [-0.3, -0.25) is 4.90 Å². The lowest BCUT2D eigenvalue weighted by Crippen LogP contribution is -2.36. The van der Waals surface area contributed by atoms with Gasteiger partial charge in [0.25, 0.3) is 0 Å². The molecule has 0 fully saturated rings. The second kappa shape index (κ2) is 5.69. The van der Waals surface area contributed by atoms with Crippen LogP contribution in [-0.2, 0) is 4.74 Å². The largest absolute Gasteiger partial charge is 0.443 e. The van der Waals surface area contributed by atoms with Gasteiger partial charge in [0, 0.05) is 37.6 Å². The number of hydrogen-bond donors (Lipinski definition) is 0. The predicted molar refractivity (Wildman–Crippen MR) is 100 cm³/mol. The first kappa shape index (κ1) is 16.6. The highest BCUT2D eigenvalue weighted by Crippen LogP contribution is 2.43. The van der Waals surface area contributed by atoms with Crippen molar-refractivity contribution in [1.82, 2.24) is 0 Å². The maximum atomic E-state index is 12.6. The molecule has 0 aromatic heterocycles. The van der Waals surface area contributed by atoms with Crippen molar-refractivity contribution in [3.63, 3.8) is 0 Å². The summed E-state index contributed by atoms with van der Waals surface area (Å²) in [6, 6.07) is 10.5. The molecular weight excluding hydrogens is 300 g/mol. The first-order chi connectivity index (χ1) is 11.2. The predicted octanol–water partition coefficient (Wildman–Crippen LogP) is 4.76. The van der Waals surface area contributed by atoms with E-state index in [0.29, 0.717) is 6.54 Å². The van der Waals surface area contributed by atoms with E-state index in [1.807, 2.05) is 20.8 Å². The van der Waals surface area contributed by atoms with Crippen molar-refractivity contribution in [2.45, 2.75) is 39.2 Å². The van der Waals surface area contributed by atoms with E-state index < -0.39 is 5.60 Å². The van der Waals surface area contributed by atoms with Crippen LogP contribution in [0.5, 0.6) is 0 Å². The summed E-state index contributed by atoms with van der Waals surface area (Å²) in [5.41, 5.74) is 2.92. The first-order valence-electron chi connectivity index (χ1n) is 8.42. The van der Waals surface area contributed by atoms with Gasteiger partial charge in [-0.2, -0.15) is 0 Å². The highest BCUT2D eigenvalue weighted by molar-refractivity contribution is 6.03. The molecule has 1 aliphatic heterocycles. The Morgan fingerprint density at radius 3 is 2.50 bits per heavy atom. The average molecular weight is 326 g/mol. The molecule has 0 saturated heterocycles. The van der Waals surface area contributed by atoms with Crippen molar-refractivity contribution in [3.05, 3.63) is 35.9 Å². The zero-order valence-electron chi connectivity index (χ0n) is 15.4. The normalized spacial score (nSPS) is 17.1. The Morgan fingerprint density at radius 1 is 1.17 bits per heavy atom. The topological polar surface area (TPSA) is 32.8 Å². The standard InChI is InChI=1S/C20H26N2O2/c1-13-12-22(19(23)24-20(2,3)4)17-11-10-14-15(18(13)17)8-7-9-16(14)21(5)6/h7-11,13H,12H2,1-6H3. The summed E-state index contributed by atoms with van der Waals surface area (Å²) < 4.78 is 5.58. The van der Waals surface area contributed by atoms with Gasteiger partial charge in [-0.05, 0) is 43.9 Å². The third kappa shape index (κ3) is 2.81. The van der Waals surface area contributed by atoms with Crippen LogP contribution in [0.25, 0.3) is 10.8 Å². The summed E-state index contributed by atoms with van der Waals surface area (Å²) in [5, 5.41) is 2.44. The van der Waals surface area contributed by atoms with Crippen molar-refractivity contribution < 1.29 is 9.53 Å². The van der Waals surface area contributed by atoms with Crippen molar-refractivity contribution >= 4 is 28.2 Å². The Kier molecular flexibility index (Phi) is 3.94. The summed E-state index contributed by atoms with van der Waals surface area (Å²) >= 11 is 0. The lowest BCUT2D eigenvalue weighted by atomic mass is 9.95. The van der Waals surface area contributed by atoms with Crippen LogP contribution in [0.2, 0.25) is 0 Å². The van der Waals surface area contributed by atoms with Crippen LogP contribution in [0.15, 0.2) is 30.3 Å². The molecule has 2 aromatic rings. The lowest BCUT2D eigenvalue weighted by Gasteiger charge is -2.25. The quantitative estimate of drug-likeness (QED) is 0.757. The van der Waals surface area contributed by atoms with Crippen molar-refractivity contribution in [2.75, 3.05) is 30.4 Å². The molecule has 4 heteroatoms. The second-order valence-corrected chi connectivity index (χ2v) is 7.76. The third-order valence-electron chi connectivity index (χ3n) is 4.39. The van der Waals surface area contributed by atoms with Gasteiger partial charge in [0.15, 0.2) is 0 Å². The van der Waals surface area contributed by atoms with E-state index in [9.17, 15) is 4.79 Å². The zero-order valence-corrected chi connectivity index (χ0v) is 15.4. The Balaban J connectivity index is 2.10. The van der Waals surface area contributed by atoms with E-state index in [4.69, 9.17) is 4.74 Å². The van der Waals surface area contributed by atoms with E-state index in [-0.39, 0.29) is 12.0 Å². The highest BCUT2D eigenvalue weighted by Gasteiger charge is 2.34. The Bertz CT molecular complexity index is 790. The zero-order chi connectivity index (χ0) is 17.6. The number of nitrogens with zero attached hydrogens (tertiary/aromatic N) is 2. The van der Waals surface area contributed by atoms with Crippen LogP contribution in [-0.4, -0.2) is 32.3 Å². The smallest absolute Gasteiger partial charge is 0.414 e. The highest BCUT2D eigenvalue weighted by atomic mass is 16.6. The Morgan fingerprint density at radius 2 is 1.88 bits per heavy atom. The second-order valence-electron chi connectivity index (χ2n) is 7.76. The van der Waals surface area contributed by atoms with E-state index in [1.54, 1.807) is 4.90 Å². The molecule has 1 heterocycles. The molecule has 0 bridgehead atoms. The van der Waals surface area contributed by atoms with Crippen molar-refractivity contribution in [3.8, 4) is 0 Å². The molecule has 3 rings (SSSR count). The molecule has 1 unspecified atom stereocenters. The van der Waals surface area contributed by atoms with E-state index in [1.165, 1.54) is 22.0 Å². The molecular formula is C20H26N2O2. The van der Waals surface area contributed by atoms with Gasteiger partial charge in [-0.25, -0.2) is 4.79 Å². The maximum Gasteiger partial charge on any atom is 0.414 e. The number of fused-ring (bicyclic) bond motifs is 3. The number of ether oxygens (including phenoxy) is 1. The summed E-state index contributed by atoms with van der Waals surface area (Å²) in [5.74, 6) is 0.286. The SMILES string of the molecule is CC1CN(C(=O)OC(C)(C)C)c2ccc3c(N(C)C)cccc3c21. The van der Waals surface area contributed by atoms with E-state index in [0.717, 1.165) is 5.69 Å². The molecule has 0 saturated carbocycles. The molecule has 0 spiro atoms. The van der Waals surface area contributed by atoms with Crippen LogP contribution in [0, 0.1) is 0 Å². The summed E-state index contributed by atoms with van der Waals surface area (Å²) in [6.45, 7) is 8.53. The Labute approximate surface area is 144 Å². The van der Waals surface area contributed by atoms with Crippen LogP contribution < -0.4 is 9.80 Å². The van der Waals surface area contributed by atoms with E-state index in [2.05, 4.69) is 56.3 Å². The van der Waals surface area contributed by atoms with Gasteiger partial charge in [0.05, 0.1) is 5.69 Å². The number of anilines is 2. The molecule has 4 nitrogen and oxygen atoms in total. The molecule has 128 valence electrons. The minimum Gasteiger partial charge on any atom is -0.443 e. The van der Waals surface area contributed by atoms with Crippen LogP contribution in [0.4, 0.5) is 16.2 Å². The van der Waals surface area contributed by atoms with Gasteiger partial charge in [0.1, 0.15) is 5.60 Å². The van der Waals surface area contributed by atoms with Gasteiger partial charge >= 0.3 is 6.09 Å². The lowest BCUT2D eigenvalue weighted by molar-refractivity contribution is 0.0582. The first-order valence-corrected chi connectivity index (χ1v) is 8.42. The summed E-state index contributed by atoms with van der Waals surface area (Å²) in [7, 11) is 4.11. The monoisotopic (exact) mass is 326 g/mol. The molecule has 0 aliphatic carbocycles. The molecule has 0 N–H and O–H groups in total. The fourth-order valence-corrected chi connectivity index (χ4v) is 3.45. The number of benzene rings is 2. The van der Waals surface area contributed by atoms with Crippen LogP contribution >= 0.6 is 0 Å². The van der Waals surface area contributed by atoms with Crippen molar-refractivity contribution in [2.24, 2.45) is 0 Å². The number of rotatable bonds is 1.